The predicted octanol–water partition coefficient (Wildman–Crippen LogP) is 8.05. The number of nitro groups is 1. The SMILES string of the molecule is CC(C)(NC(=O)Cc1ccc2ccc3cccc4ccc1c2c34)C(=O)C(C)(C)C(=O)C(C)(C)C(=O)C(C)(C)C(=O)C(C)(C)C(=O)OCc1ccc([N+](=O)[O-])cc1. The molecule has 0 aliphatic heterocycles. The van der Waals surface area contributed by atoms with E-state index in [0.717, 1.165) is 37.9 Å². The van der Waals surface area contributed by atoms with Crippen molar-refractivity contribution in [2.24, 2.45) is 21.7 Å². The second-order valence-electron chi connectivity index (χ2n) is 17.2. The summed E-state index contributed by atoms with van der Waals surface area (Å²) >= 11 is 0. The molecule has 0 saturated carbocycles. The molecule has 56 heavy (non-hydrogen) atoms. The summed E-state index contributed by atoms with van der Waals surface area (Å²) < 4.78 is 5.38. The Hall–Kier alpha value is -5.84. The fraction of sp³-hybridized carbons (Fsp3) is 0.378. The van der Waals surface area contributed by atoms with Crippen LogP contribution in [0.2, 0.25) is 0 Å². The highest BCUT2D eigenvalue weighted by Gasteiger charge is 2.57. The Kier molecular flexibility index (Phi) is 10.6. The molecule has 5 aromatic carbocycles. The molecule has 11 heteroatoms. The van der Waals surface area contributed by atoms with Crippen LogP contribution in [-0.2, 0) is 46.5 Å². The number of carbonyl (C=O) groups excluding carboxylic acids is 6. The Bertz CT molecular complexity index is 2420. The number of esters is 1. The number of carbonyl (C=O) groups is 6. The highest BCUT2D eigenvalue weighted by atomic mass is 16.6. The van der Waals surface area contributed by atoms with Gasteiger partial charge in [-0.15, -0.1) is 0 Å². The van der Waals surface area contributed by atoms with E-state index in [1.807, 2.05) is 30.3 Å². The van der Waals surface area contributed by atoms with Crippen molar-refractivity contribution in [3.8, 4) is 0 Å². The van der Waals surface area contributed by atoms with Gasteiger partial charge >= 0.3 is 5.97 Å². The fourth-order valence-electron chi connectivity index (χ4n) is 8.14. The molecule has 0 unspecified atom stereocenters. The average Bonchev–Trinajstić information content (AvgIpc) is 3.14. The van der Waals surface area contributed by atoms with Crippen molar-refractivity contribution < 1.29 is 38.4 Å². The molecule has 0 aliphatic carbocycles. The minimum atomic E-state index is -1.88. The van der Waals surface area contributed by atoms with Crippen molar-refractivity contribution in [1.82, 2.24) is 5.32 Å². The van der Waals surface area contributed by atoms with Crippen LogP contribution in [0.3, 0.4) is 0 Å². The average molecular weight is 761 g/mol. The van der Waals surface area contributed by atoms with Crippen molar-refractivity contribution in [1.29, 1.82) is 0 Å². The number of hydrogen-bond acceptors (Lipinski definition) is 9. The van der Waals surface area contributed by atoms with Crippen molar-refractivity contribution >= 4 is 73.0 Å². The molecule has 5 aromatic rings. The minimum absolute atomic E-state index is 0.0222. The molecule has 0 heterocycles. The van der Waals surface area contributed by atoms with Crippen LogP contribution in [0, 0.1) is 31.8 Å². The number of ether oxygens (including phenoxy) is 1. The molecule has 0 spiro atoms. The van der Waals surface area contributed by atoms with E-state index in [1.54, 1.807) is 0 Å². The largest absolute Gasteiger partial charge is 0.460 e. The van der Waals surface area contributed by atoms with Crippen LogP contribution >= 0.6 is 0 Å². The van der Waals surface area contributed by atoms with E-state index in [2.05, 4.69) is 29.6 Å². The summed E-state index contributed by atoms with van der Waals surface area (Å²) in [6, 6.07) is 23.5. The zero-order chi connectivity index (χ0) is 41.8. The second kappa shape index (κ2) is 14.3. The van der Waals surface area contributed by atoms with E-state index >= 15 is 0 Å². The van der Waals surface area contributed by atoms with Gasteiger partial charge in [0.2, 0.25) is 5.91 Å². The molecule has 0 saturated heterocycles. The summed E-state index contributed by atoms with van der Waals surface area (Å²) in [6.07, 6.45) is -0.0222. The number of nitro benzene ring substituents is 1. The third-order valence-electron chi connectivity index (χ3n) is 11.0. The van der Waals surface area contributed by atoms with Crippen molar-refractivity contribution in [3.63, 3.8) is 0 Å². The third kappa shape index (κ3) is 7.30. The number of amides is 1. The number of hydrogen-bond donors (Lipinski definition) is 1. The molecule has 11 nitrogen and oxygen atoms in total. The third-order valence-corrected chi connectivity index (χ3v) is 11.0. The number of non-ortho nitro benzene ring substituents is 1. The van der Waals surface area contributed by atoms with Crippen LogP contribution < -0.4 is 5.32 Å². The lowest BCUT2D eigenvalue weighted by Crippen LogP contribution is -2.60. The maximum absolute atomic E-state index is 14.3. The van der Waals surface area contributed by atoms with Gasteiger partial charge in [0.15, 0.2) is 23.1 Å². The first-order valence-electron chi connectivity index (χ1n) is 18.4. The molecular formula is C45H48N2O9. The topological polar surface area (TPSA) is 167 Å². The normalized spacial score (nSPS) is 12.8. The Balaban J connectivity index is 1.29. The Labute approximate surface area is 325 Å². The molecule has 0 aliphatic rings. The van der Waals surface area contributed by atoms with Gasteiger partial charge in [-0.05, 0) is 125 Å². The van der Waals surface area contributed by atoms with Crippen LogP contribution in [0.5, 0.6) is 0 Å². The van der Waals surface area contributed by atoms with Gasteiger partial charge in [-0.25, -0.2) is 0 Å². The minimum Gasteiger partial charge on any atom is -0.460 e. The smallest absolute Gasteiger partial charge is 0.319 e. The van der Waals surface area contributed by atoms with Crippen LogP contribution in [0.15, 0.2) is 78.9 Å². The summed E-state index contributed by atoms with van der Waals surface area (Å²) in [4.78, 5) is 93.8. The Morgan fingerprint density at radius 1 is 0.589 bits per heavy atom. The number of rotatable bonds is 15. The van der Waals surface area contributed by atoms with Crippen LogP contribution in [-0.4, -0.2) is 45.5 Å². The van der Waals surface area contributed by atoms with Crippen LogP contribution in [0.25, 0.3) is 32.3 Å². The molecule has 0 aromatic heterocycles. The first-order valence-corrected chi connectivity index (χ1v) is 18.4. The molecule has 0 bridgehead atoms. The van der Waals surface area contributed by atoms with Crippen LogP contribution in [0.1, 0.15) is 80.4 Å². The van der Waals surface area contributed by atoms with Gasteiger partial charge in [-0.1, -0.05) is 54.6 Å². The number of benzene rings is 5. The van der Waals surface area contributed by atoms with Gasteiger partial charge in [0.1, 0.15) is 12.0 Å². The second-order valence-corrected chi connectivity index (χ2v) is 17.2. The predicted molar refractivity (Wildman–Crippen MR) is 214 cm³/mol. The van der Waals surface area contributed by atoms with E-state index in [9.17, 15) is 38.9 Å². The highest BCUT2D eigenvalue weighted by molar-refractivity contribution is 6.25. The molecule has 292 valence electrons. The number of Topliss-reactive ketones (excluding diaryl/α,β-unsaturated/α-hetero) is 4. The highest BCUT2D eigenvalue weighted by Crippen LogP contribution is 2.42. The molecule has 0 radical (unpaired) electrons. The van der Waals surface area contributed by atoms with Crippen molar-refractivity contribution in [2.75, 3.05) is 0 Å². The lowest BCUT2D eigenvalue weighted by Gasteiger charge is -2.40. The molecule has 1 amide bonds. The van der Waals surface area contributed by atoms with Crippen molar-refractivity contribution in [3.05, 3.63) is 100 Å². The lowest BCUT2D eigenvalue weighted by atomic mass is 9.60. The van der Waals surface area contributed by atoms with Gasteiger partial charge in [0.05, 0.1) is 33.1 Å². The summed E-state index contributed by atoms with van der Waals surface area (Å²) in [6.45, 7) is 13.5. The Morgan fingerprint density at radius 2 is 1.05 bits per heavy atom. The molecule has 0 atom stereocenters. The first kappa shape index (κ1) is 41.3. The maximum Gasteiger partial charge on any atom is 0.319 e. The Morgan fingerprint density at radius 3 is 1.59 bits per heavy atom. The zero-order valence-electron chi connectivity index (χ0n) is 33.5. The summed E-state index contributed by atoms with van der Waals surface area (Å²) in [7, 11) is 0. The van der Waals surface area contributed by atoms with E-state index in [-0.39, 0.29) is 18.7 Å². The molecular weight excluding hydrogens is 713 g/mol. The van der Waals surface area contributed by atoms with Gasteiger partial charge in [-0.3, -0.25) is 38.9 Å². The van der Waals surface area contributed by atoms with Gasteiger partial charge < -0.3 is 10.1 Å². The first-order chi connectivity index (χ1) is 25.8. The van der Waals surface area contributed by atoms with E-state index in [4.69, 9.17) is 4.74 Å². The monoisotopic (exact) mass is 760 g/mol. The molecule has 5 rings (SSSR count). The van der Waals surface area contributed by atoms with Crippen molar-refractivity contribution in [2.45, 2.75) is 87.8 Å². The fourth-order valence-corrected chi connectivity index (χ4v) is 8.14. The maximum atomic E-state index is 14.3. The van der Waals surface area contributed by atoms with E-state index < -0.39 is 67.1 Å². The van der Waals surface area contributed by atoms with E-state index in [0.29, 0.717) is 5.56 Å². The van der Waals surface area contributed by atoms with E-state index in [1.165, 1.54) is 93.5 Å². The number of ketones is 4. The van der Waals surface area contributed by atoms with Gasteiger partial charge in [-0.2, -0.15) is 0 Å². The van der Waals surface area contributed by atoms with Gasteiger partial charge in [0, 0.05) is 12.1 Å². The molecule has 1 N–H and O–H groups in total. The number of nitrogens with one attached hydrogen (secondary N) is 1. The summed E-state index contributed by atoms with van der Waals surface area (Å²) in [5, 5.41) is 20.1. The number of nitrogens with zero attached hydrogens (tertiary/aromatic N) is 1. The quantitative estimate of drug-likeness (QED) is 0.0365. The molecule has 0 fully saturated rings. The zero-order valence-corrected chi connectivity index (χ0v) is 33.5. The summed E-state index contributed by atoms with van der Waals surface area (Å²) in [5.41, 5.74) is -7.80. The van der Waals surface area contributed by atoms with Crippen LogP contribution in [0.4, 0.5) is 5.69 Å². The standard InChI is InChI=1S/C45H48N2O9/c1-41(2,36(49)42(3,4)38(51)44(7,8)40(53)56-25-26-14-21-31(22-15-26)47(54)55)37(50)43(5,6)39(52)45(9,10)46-33(48)24-30-19-18-29-17-16-27-12-11-13-28-20-23-32(30)35(29)34(27)28/h11-23H,24-25H2,1-10H3,(H,46,48). The lowest BCUT2D eigenvalue weighted by molar-refractivity contribution is -0.384. The van der Waals surface area contributed by atoms with Gasteiger partial charge in [0.25, 0.3) is 5.69 Å². The summed E-state index contributed by atoms with van der Waals surface area (Å²) in [5.74, 6) is -4.33.